The van der Waals surface area contributed by atoms with Crippen molar-refractivity contribution in [3.8, 4) is 5.75 Å². The van der Waals surface area contributed by atoms with E-state index in [1.165, 1.54) is 4.90 Å². The van der Waals surface area contributed by atoms with Gasteiger partial charge < -0.3 is 14.4 Å². The van der Waals surface area contributed by atoms with Gasteiger partial charge in [-0.1, -0.05) is 23.7 Å². The van der Waals surface area contributed by atoms with Crippen LogP contribution in [0.4, 0.5) is 22.0 Å². The summed E-state index contributed by atoms with van der Waals surface area (Å²) in [4.78, 5) is 5.69. The molecule has 0 saturated heterocycles. The van der Waals surface area contributed by atoms with E-state index >= 15 is 0 Å². The molecule has 3 aliphatic rings. The molecule has 10 heteroatoms. The highest BCUT2D eigenvalue weighted by Crippen LogP contribution is 2.48. The Labute approximate surface area is 155 Å². The zero-order chi connectivity index (χ0) is 19.4. The number of para-hydroxylation sites is 1. The molecule has 0 saturated carbocycles. The fraction of sp³-hybridized carbons (Fsp3) is 0.353. The highest BCUT2D eigenvalue weighted by molar-refractivity contribution is 6.32. The summed E-state index contributed by atoms with van der Waals surface area (Å²) in [6.07, 6.45) is -2.96. The standard InChI is InChI=1S/C17H12ClF5N2O2/c18-11-3-1-2-10-13(11)26-5-4-16(10)8-25-7-9(17(21,22)23)6-12(14(25)24-16)27-15(19)20/h1-3,6-7,15H,4-5,8H2/t16-/m1/s1. The minimum atomic E-state index is -4.71. The second-order valence-corrected chi connectivity index (χ2v) is 6.69. The minimum Gasteiger partial charge on any atom is -0.492 e. The molecule has 0 N–H and O–H groups in total. The van der Waals surface area contributed by atoms with Crippen LogP contribution >= 0.6 is 11.6 Å². The van der Waals surface area contributed by atoms with E-state index in [1.54, 1.807) is 18.2 Å². The summed E-state index contributed by atoms with van der Waals surface area (Å²) < 4.78 is 74.9. The highest BCUT2D eigenvalue weighted by Gasteiger charge is 2.48. The van der Waals surface area contributed by atoms with Crippen LogP contribution in [0.3, 0.4) is 0 Å². The summed E-state index contributed by atoms with van der Waals surface area (Å²) in [6, 6.07) is 5.02. The number of fused-ring (bicyclic) bond motifs is 3. The molecule has 0 aromatic heterocycles. The number of amidine groups is 1. The topological polar surface area (TPSA) is 34.1 Å². The number of rotatable bonds is 2. The number of hydrogen-bond donors (Lipinski definition) is 0. The van der Waals surface area contributed by atoms with E-state index in [2.05, 4.69) is 9.73 Å². The summed E-state index contributed by atoms with van der Waals surface area (Å²) in [5.74, 6) is -0.294. The predicted molar refractivity (Wildman–Crippen MR) is 86.7 cm³/mol. The molecular formula is C17H12ClF5N2O2. The van der Waals surface area contributed by atoms with Crippen LogP contribution in [-0.2, 0) is 10.3 Å². The highest BCUT2D eigenvalue weighted by atomic mass is 35.5. The Morgan fingerprint density at radius 3 is 2.78 bits per heavy atom. The van der Waals surface area contributed by atoms with Crippen LogP contribution in [0, 0.1) is 0 Å². The first-order valence-corrected chi connectivity index (χ1v) is 8.32. The van der Waals surface area contributed by atoms with E-state index in [9.17, 15) is 22.0 Å². The van der Waals surface area contributed by atoms with Crippen molar-refractivity contribution in [1.29, 1.82) is 0 Å². The number of allylic oxidation sites excluding steroid dienone is 2. The van der Waals surface area contributed by atoms with Crippen molar-refractivity contribution in [2.45, 2.75) is 24.7 Å². The van der Waals surface area contributed by atoms with Crippen LogP contribution in [0.2, 0.25) is 5.02 Å². The SMILES string of the molecule is FC(F)OC1=CC(C(F)(F)F)=CN2C[C@@]3(CCOc4c(Cl)cccc43)N=C12. The van der Waals surface area contributed by atoms with Crippen molar-refractivity contribution < 1.29 is 31.4 Å². The van der Waals surface area contributed by atoms with Crippen LogP contribution in [0.5, 0.6) is 5.75 Å². The molecule has 0 aliphatic carbocycles. The Balaban J connectivity index is 1.82. The monoisotopic (exact) mass is 406 g/mol. The number of alkyl halides is 5. The molecule has 3 aliphatic heterocycles. The van der Waals surface area contributed by atoms with Gasteiger partial charge in [-0.3, -0.25) is 4.99 Å². The van der Waals surface area contributed by atoms with E-state index in [4.69, 9.17) is 16.3 Å². The second-order valence-electron chi connectivity index (χ2n) is 6.28. The van der Waals surface area contributed by atoms with Crippen molar-refractivity contribution in [2.75, 3.05) is 13.2 Å². The maximum atomic E-state index is 13.2. The lowest BCUT2D eigenvalue weighted by Crippen LogP contribution is -2.37. The summed E-state index contributed by atoms with van der Waals surface area (Å²) in [7, 11) is 0. The molecule has 27 heavy (non-hydrogen) atoms. The van der Waals surface area contributed by atoms with Crippen LogP contribution in [0.1, 0.15) is 12.0 Å². The Kier molecular flexibility index (Phi) is 4.10. The number of aliphatic imine (C=N–C) groups is 1. The zero-order valence-corrected chi connectivity index (χ0v) is 14.3. The van der Waals surface area contributed by atoms with Gasteiger partial charge in [0.15, 0.2) is 11.6 Å². The van der Waals surface area contributed by atoms with Gasteiger partial charge in [0.25, 0.3) is 0 Å². The molecule has 3 heterocycles. The predicted octanol–water partition coefficient (Wildman–Crippen LogP) is 4.61. The smallest absolute Gasteiger partial charge is 0.417 e. The van der Waals surface area contributed by atoms with Crippen molar-refractivity contribution >= 4 is 17.4 Å². The van der Waals surface area contributed by atoms with E-state index in [1.807, 2.05) is 0 Å². The molecule has 1 atom stereocenters. The van der Waals surface area contributed by atoms with Gasteiger partial charge in [0.2, 0.25) is 0 Å². The first-order chi connectivity index (χ1) is 12.7. The molecule has 4 rings (SSSR count). The number of ether oxygens (including phenoxy) is 2. The lowest BCUT2D eigenvalue weighted by molar-refractivity contribution is -0.0981. The Morgan fingerprint density at radius 2 is 2.07 bits per heavy atom. The molecule has 0 unspecified atom stereocenters. The van der Waals surface area contributed by atoms with E-state index in [0.29, 0.717) is 28.8 Å². The average Bonchev–Trinajstić information content (AvgIpc) is 2.94. The molecule has 144 valence electrons. The van der Waals surface area contributed by atoms with Crippen LogP contribution < -0.4 is 4.74 Å². The second kappa shape index (κ2) is 6.12. The lowest BCUT2D eigenvalue weighted by atomic mass is 9.85. The fourth-order valence-corrected chi connectivity index (χ4v) is 3.70. The zero-order valence-electron chi connectivity index (χ0n) is 13.6. The summed E-state index contributed by atoms with van der Waals surface area (Å²) >= 11 is 6.15. The molecule has 0 radical (unpaired) electrons. The molecule has 0 bridgehead atoms. The molecule has 1 aromatic carbocycles. The maximum Gasteiger partial charge on any atom is 0.417 e. The van der Waals surface area contributed by atoms with Crippen LogP contribution in [0.25, 0.3) is 0 Å². The lowest BCUT2D eigenvalue weighted by Gasteiger charge is -2.34. The Hall–Kier alpha value is -2.29. The summed E-state index contributed by atoms with van der Waals surface area (Å²) in [6.45, 7) is -3.00. The van der Waals surface area contributed by atoms with Gasteiger partial charge in [-0.05, 0) is 12.1 Å². The Bertz CT molecular complexity index is 881. The Morgan fingerprint density at radius 1 is 1.30 bits per heavy atom. The molecule has 0 fully saturated rings. The van der Waals surface area contributed by atoms with Crippen molar-refractivity contribution in [2.24, 2.45) is 4.99 Å². The van der Waals surface area contributed by atoms with E-state index < -0.39 is 29.7 Å². The third kappa shape index (κ3) is 3.03. The third-order valence-corrected chi connectivity index (χ3v) is 4.90. The average molecular weight is 407 g/mol. The molecule has 1 aromatic rings. The van der Waals surface area contributed by atoms with Gasteiger partial charge in [-0.25, -0.2) is 0 Å². The number of benzene rings is 1. The van der Waals surface area contributed by atoms with Gasteiger partial charge in [0.1, 0.15) is 11.3 Å². The van der Waals surface area contributed by atoms with E-state index in [-0.39, 0.29) is 19.0 Å². The quantitative estimate of drug-likeness (QED) is 0.672. The van der Waals surface area contributed by atoms with Gasteiger partial charge >= 0.3 is 12.8 Å². The first kappa shape index (κ1) is 18.1. The maximum absolute atomic E-state index is 13.2. The molecule has 4 nitrogen and oxygen atoms in total. The van der Waals surface area contributed by atoms with Gasteiger partial charge in [-0.15, -0.1) is 0 Å². The summed E-state index contributed by atoms with van der Waals surface area (Å²) in [5, 5.41) is 0.350. The normalized spacial score (nSPS) is 24.1. The number of hydrogen-bond acceptors (Lipinski definition) is 4. The van der Waals surface area contributed by atoms with E-state index in [0.717, 1.165) is 6.20 Å². The number of halogens is 6. The van der Waals surface area contributed by atoms with Crippen molar-refractivity contribution in [3.05, 3.63) is 52.4 Å². The molecule has 1 spiro atoms. The van der Waals surface area contributed by atoms with Gasteiger partial charge in [0.05, 0.1) is 23.7 Å². The molecular weight excluding hydrogens is 395 g/mol. The van der Waals surface area contributed by atoms with Crippen molar-refractivity contribution in [1.82, 2.24) is 4.90 Å². The summed E-state index contributed by atoms with van der Waals surface area (Å²) in [5.41, 5.74) is -1.45. The first-order valence-electron chi connectivity index (χ1n) is 7.94. The van der Waals surface area contributed by atoms with Crippen molar-refractivity contribution in [3.63, 3.8) is 0 Å². The van der Waals surface area contributed by atoms with Gasteiger partial charge in [0, 0.05) is 18.2 Å². The van der Waals surface area contributed by atoms with Gasteiger partial charge in [-0.2, -0.15) is 22.0 Å². The van der Waals surface area contributed by atoms with Crippen LogP contribution in [-0.4, -0.2) is 36.7 Å². The fourth-order valence-electron chi connectivity index (χ4n) is 3.47. The molecule has 0 amide bonds. The minimum absolute atomic E-state index is 0.0303. The number of nitrogens with zero attached hydrogens (tertiary/aromatic N) is 2. The van der Waals surface area contributed by atoms with Crippen LogP contribution in [0.15, 0.2) is 46.8 Å². The third-order valence-electron chi connectivity index (χ3n) is 4.60. The largest absolute Gasteiger partial charge is 0.492 e.